The summed E-state index contributed by atoms with van der Waals surface area (Å²) in [5, 5.41) is 11.0. The van der Waals surface area contributed by atoms with Gasteiger partial charge in [-0.1, -0.05) is 0 Å². The molecule has 1 heterocycles. The van der Waals surface area contributed by atoms with Crippen LogP contribution in [0.1, 0.15) is 0 Å². The molecule has 0 aromatic heterocycles. The number of ether oxygens (including phenoxy) is 1. The average Bonchev–Trinajstić information content (AvgIpc) is 2.50. The lowest BCUT2D eigenvalue weighted by Crippen LogP contribution is -2.45. The lowest BCUT2D eigenvalue weighted by molar-refractivity contribution is -0.140. The van der Waals surface area contributed by atoms with Crippen molar-refractivity contribution in [3.63, 3.8) is 0 Å². The highest BCUT2D eigenvalue weighted by atomic mass is 16.5. The zero-order valence-corrected chi connectivity index (χ0v) is 6.61. The standard InChI is InChI=1S/C6H10N2O4/c1-7-6(11)8-3-12-2-4(8)5(9)10/h4H,2-3H2,1H3,(H,7,11)(H,9,10)/t4-/m1/s1. The van der Waals surface area contributed by atoms with E-state index in [1.807, 2.05) is 0 Å². The van der Waals surface area contributed by atoms with E-state index in [4.69, 9.17) is 9.84 Å². The van der Waals surface area contributed by atoms with E-state index < -0.39 is 18.0 Å². The van der Waals surface area contributed by atoms with Gasteiger partial charge in [0.2, 0.25) is 0 Å². The summed E-state index contributed by atoms with van der Waals surface area (Å²) in [4.78, 5) is 22.7. The summed E-state index contributed by atoms with van der Waals surface area (Å²) in [5.74, 6) is -1.05. The fourth-order valence-electron chi connectivity index (χ4n) is 0.991. The lowest BCUT2D eigenvalue weighted by Gasteiger charge is -2.17. The molecular formula is C6H10N2O4. The number of urea groups is 1. The SMILES string of the molecule is CNC(=O)N1COC[C@@H]1C(=O)O. The third-order valence-electron chi connectivity index (χ3n) is 1.64. The summed E-state index contributed by atoms with van der Waals surface area (Å²) in [5.41, 5.74) is 0. The molecule has 1 aliphatic rings. The predicted molar refractivity (Wildman–Crippen MR) is 38.5 cm³/mol. The van der Waals surface area contributed by atoms with Crippen molar-refractivity contribution >= 4 is 12.0 Å². The molecular weight excluding hydrogens is 164 g/mol. The van der Waals surface area contributed by atoms with E-state index in [0.717, 1.165) is 4.90 Å². The minimum absolute atomic E-state index is 0.0383. The van der Waals surface area contributed by atoms with E-state index in [0.29, 0.717) is 0 Å². The summed E-state index contributed by atoms with van der Waals surface area (Å²) < 4.78 is 4.84. The van der Waals surface area contributed by atoms with Crippen LogP contribution in [0, 0.1) is 0 Å². The van der Waals surface area contributed by atoms with Gasteiger partial charge in [-0.3, -0.25) is 4.90 Å². The number of nitrogens with one attached hydrogen (secondary N) is 1. The molecule has 0 spiro atoms. The third kappa shape index (κ3) is 1.48. The Hall–Kier alpha value is -1.30. The minimum Gasteiger partial charge on any atom is -0.480 e. The molecule has 1 saturated heterocycles. The highest BCUT2D eigenvalue weighted by Crippen LogP contribution is 2.09. The van der Waals surface area contributed by atoms with Gasteiger partial charge in [-0.15, -0.1) is 0 Å². The first-order chi connectivity index (χ1) is 5.66. The van der Waals surface area contributed by atoms with Crippen LogP contribution in [0.4, 0.5) is 4.79 Å². The van der Waals surface area contributed by atoms with Crippen LogP contribution in [-0.2, 0) is 9.53 Å². The molecule has 1 aliphatic heterocycles. The molecule has 6 nitrogen and oxygen atoms in total. The second-order valence-corrected chi connectivity index (χ2v) is 2.38. The zero-order chi connectivity index (χ0) is 9.14. The van der Waals surface area contributed by atoms with E-state index in [-0.39, 0.29) is 13.3 Å². The Kier molecular flexibility index (Phi) is 2.49. The van der Waals surface area contributed by atoms with Crippen LogP contribution in [0.25, 0.3) is 0 Å². The van der Waals surface area contributed by atoms with Gasteiger partial charge in [0.05, 0.1) is 6.61 Å². The van der Waals surface area contributed by atoms with Crippen LogP contribution in [0.3, 0.4) is 0 Å². The Balaban J connectivity index is 2.63. The quantitative estimate of drug-likeness (QED) is 0.538. The Morgan fingerprint density at radius 3 is 2.83 bits per heavy atom. The van der Waals surface area contributed by atoms with E-state index in [9.17, 15) is 9.59 Å². The maximum Gasteiger partial charge on any atom is 0.328 e. The monoisotopic (exact) mass is 174 g/mol. The van der Waals surface area contributed by atoms with Crippen molar-refractivity contribution in [1.82, 2.24) is 10.2 Å². The molecule has 68 valence electrons. The van der Waals surface area contributed by atoms with E-state index >= 15 is 0 Å². The molecule has 12 heavy (non-hydrogen) atoms. The topological polar surface area (TPSA) is 78.9 Å². The van der Waals surface area contributed by atoms with Crippen LogP contribution in [0.5, 0.6) is 0 Å². The van der Waals surface area contributed by atoms with Gasteiger partial charge in [-0.25, -0.2) is 9.59 Å². The number of carbonyl (C=O) groups is 2. The highest BCUT2D eigenvalue weighted by molar-refractivity contribution is 5.82. The summed E-state index contributed by atoms with van der Waals surface area (Å²) in [6, 6.07) is -1.29. The van der Waals surface area contributed by atoms with Gasteiger partial charge in [0, 0.05) is 7.05 Å². The maximum atomic E-state index is 11.0. The van der Waals surface area contributed by atoms with Crippen molar-refractivity contribution in [2.24, 2.45) is 0 Å². The van der Waals surface area contributed by atoms with Crippen molar-refractivity contribution in [1.29, 1.82) is 0 Å². The normalized spacial score (nSPS) is 22.4. The number of rotatable bonds is 1. The molecule has 0 unspecified atom stereocenters. The van der Waals surface area contributed by atoms with Gasteiger partial charge in [-0.2, -0.15) is 0 Å². The fraction of sp³-hybridized carbons (Fsp3) is 0.667. The first-order valence-corrected chi connectivity index (χ1v) is 3.45. The first-order valence-electron chi connectivity index (χ1n) is 3.45. The van der Waals surface area contributed by atoms with Gasteiger partial charge in [-0.05, 0) is 0 Å². The highest BCUT2D eigenvalue weighted by Gasteiger charge is 2.34. The van der Waals surface area contributed by atoms with Gasteiger partial charge in [0.1, 0.15) is 6.73 Å². The van der Waals surface area contributed by atoms with Crippen molar-refractivity contribution in [2.45, 2.75) is 6.04 Å². The molecule has 0 saturated carbocycles. The van der Waals surface area contributed by atoms with Crippen molar-refractivity contribution < 1.29 is 19.4 Å². The average molecular weight is 174 g/mol. The molecule has 0 aromatic rings. The van der Waals surface area contributed by atoms with Crippen LogP contribution in [0.2, 0.25) is 0 Å². The molecule has 1 fully saturated rings. The van der Waals surface area contributed by atoms with Crippen LogP contribution < -0.4 is 5.32 Å². The van der Waals surface area contributed by atoms with E-state index in [1.165, 1.54) is 7.05 Å². The second-order valence-electron chi connectivity index (χ2n) is 2.38. The molecule has 0 bridgehead atoms. The summed E-state index contributed by atoms with van der Waals surface area (Å²) in [6.07, 6.45) is 0. The number of carbonyl (C=O) groups excluding carboxylic acids is 1. The third-order valence-corrected chi connectivity index (χ3v) is 1.64. The van der Waals surface area contributed by atoms with Gasteiger partial charge in [0.15, 0.2) is 6.04 Å². The minimum atomic E-state index is -1.05. The second kappa shape index (κ2) is 3.40. The molecule has 6 heteroatoms. The van der Waals surface area contributed by atoms with Gasteiger partial charge >= 0.3 is 12.0 Å². The molecule has 2 N–H and O–H groups in total. The van der Waals surface area contributed by atoms with Crippen molar-refractivity contribution in [3.05, 3.63) is 0 Å². The molecule has 2 amide bonds. The predicted octanol–water partition coefficient (Wildman–Crippen LogP) is -0.931. The Morgan fingerprint density at radius 2 is 2.33 bits per heavy atom. The molecule has 1 rings (SSSR count). The van der Waals surface area contributed by atoms with Gasteiger partial charge < -0.3 is 15.2 Å². The largest absolute Gasteiger partial charge is 0.480 e. The number of carboxylic acid groups (broad SMARTS) is 1. The van der Waals surface area contributed by atoms with E-state index in [2.05, 4.69) is 5.32 Å². The summed E-state index contributed by atoms with van der Waals surface area (Å²) in [6.45, 7) is 0.0966. The molecule has 1 atom stereocenters. The number of hydrogen-bond acceptors (Lipinski definition) is 3. The Bertz CT molecular complexity index is 206. The number of amides is 2. The van der Waals surface area contributed by atoms with Crippen LogP contribution in [0.15, 0.2) is 0 Å². The van der Waals surface area contributed by atoms with E-state index in [1.54, 1.807) is 0 Å². The maximum absolute atomic E-state index is 11.0. The molecule has 0 radical (unpaired) electrons. The molecule has 0 aliphatic carbocycles. The zero-order valence-electron chi connectivity index (χ0n) is 6.61. The number of nitrogens with zero attached hydrogens (tertiary/aromatic N) is 1. The summed E-state index contributed by atoms with van der Waals surface area (Å²) >= 11 is 0. The first kappa shape index (κ1) is 8.79. The Morgan fingerprint density at radius 1 is 1.67 bits per heavy atom. The lowest BCUT2D eigenvalue weighted by atomic mass is 10.3. The smallest absolute Gasteiger partial charge is 0.328 e. The van der Waals surface area contributed by atoms with Crippen LogP contribution >= 0.6 is 0 Å². The fourth-order valence-corrected chi connectivity index (χ4v) is 0.991. The van der Waals surface area contributed by atoms with Crippen molar-refractivity contribution in [3.8, 4) is 0 Å². The summed E-state index contributed by atoms with van der Waals surface area (Å²) in [7, 11) is 1.44. The number of aliphatic carboxylic acids is 1. The van der Waals surface area contributed by atoms with Gasteiger partial charge in [0.25, 0.3) is 0 Å². The Labute approximate surface area is 69.1 Å². The number of hydrogen-bond donors (Lipinski definition) is 2. The molecule has 0 aromatic carbocycles. The number of carboxylic acids is 1. The van der Waals surface area contributed by atoms with Crippen LogP contribution in [-0.4, -0.2) is 48.4 Å². The van der Waals surface area contributed by atoms with Crippen molar-refractivity contribution in [2.75, 3.05) is 20.4 Å².